The third kappa shape index (κ3) is 5.94. The smallest absolute Gasteiger partial charge is 0.0122 e. The normalized spacial score (nSPS) is 11.1. The lowest BCUT2D eigenvalue weighted by Crippen LogP contribution is -2.38. The molecule has 0 aromatic rings. The summed E-state index contributed by atoms with van der Waals surface area (Å²) in [7, 11) is 0. The van der Waals surface area contributed by atoms with Gasteiger partial charge in [-0.05, 0) is 33.2 Å². The molecule has 0 radical (unpaired) electrons. The Bertz CT molecular complexity index is 130. The van der Waals surface area contributed by atoms with E-state index in [1.54, 1.807) is 0 Å². The van der Waals surface area contributed by atoms with E-state index in [2.05, 4.69) is 32.0 Å². The first kappa shape index (κ1) is 10.5. The third-order valence-corrected chi connectivity index (χ3v) is 1.99. The highest BCUT2D eigenvalue weighted by Crippen LogP contribution is 2.06. The van der Waals surface area contributed by atoms with Crippen molar-refractivity contribution in [3.8, 4) is 12.3 Å². The first-order valence-electron chi connectivity index (χ1n) is 4.31. The van der Waals surface area contributed by atoms with Gasteiger partial charge in [0.05, 0.1) is 0 Å². The van der Waals surface area contributed by atoms with Gasteiger partial charge >= 0.3 is 0 Å². The van der Waals surface area contributed by atoms with Crippen molar-refractivity contribution in [3.05, 3.63) is 0 Å². The van der Waals surface area contributed by atoms with Crippen LogP contribution < -0.4 is 5.32 Å². The van der Waals surface area contributed by atoms with E-state index in [1.165, 1.54) is 0 Å². The molecule has 0 rings (SSSR count). The molecule has 64 valence electrons. The maximum atomic E-state index is 5.13. The molecular formula is C10H19N. The zero-order valence-corrected chi connectivity index (χ0v) is 7.91. The van der Waals surface area contributed by atoms with Crippen LogP contribution in [0.15, 0.2) is 0 Å². The molecule has 0 spiro atoms. The lowest BCUT2D eigenvalue weighted by Gasteiger charge is -2.24. The molecule has 0 bridgehead atoms. The lowest BCUT2D eigenvalue weighted by molar-refractivity contribution is 0.375. The molecule has 0 unspecified atom stereocenters. The largest absolute Gasteiger partial charge is 0.312 e. The molecule has 0 aliphatic carbocycles. The van der Waals surface area contributed by atoms with Crippen molar-refractivity contribution < 1.29 is 0 Å². The minimum Gasteiger partial charge on any atom is -0.312 e. The van der Waals surface area contributed by atoms with E-state index in [0.29, 0.717) is 0 Å². The predicted octanol–water partition coefficient (Wildman–Crippen LogP) is 2.18. The van der Waals surface area contributed by atoms with Crippen molar-refractivity contribution in [2.75, 3.05) is 6.54 Å². The topological polar surface area (TPSA) is 12.0 Å². The molecular weight excluding hydrogens is 134 g/mol. The van der Waals surface area contributed by atoms with E-state index in [-0.39, 0.29) is 5.54 Å². The van der Waals surface area contributed by atoms with Crippen molar-refractivity contribution in [1.29, 1.82) is 0 Å². The molecule has 1 N–H and O–H groups in total. The van der Waals surface area contributed by atoms with E-state index in [0.717, 1.165) is 25.8 Å². The van der Waals surface area contributed by atoms with E-state index in [4.69, 9.17) is 6.42 Å². The number of rotatable bonds is 5. The Morgan fingerprint density at radius 1 is 1.45 bits per heavy atom. The van der Waals surface area contributed by atoms with Crippen molar-refractivity contribution in [1.82, 2.24) is 5.32 Å². The average Bonchev–Trinajstić information content (AvgIpc) is 1.99. The van der Waals surface area contributed by atoms with Crippen LogP contribution in [0.2, 0.25) is 0 Å². The molecule has 0 atom stereocenters. The highest BCUT2D eigenvalue weighted by Gasteiger charge is 2.11. The molecule has 1 heteroatoms. The molecule has 0 fully saturated rings. The second-order valence-electron chi connectivity index (χ2n) is 3.47. The molecule has 0 amide bonds. The second kappa shape index (κ2) is 5.21. The molecule has 0 heterocycles. The summed E-state index contributed by atoms with van der Waals surface area (Å²) < 4.78 is 0. The van der Waals surface area contributed by atoms with Gasteiger partial charge in [0.2, 0.25) is 0 Å². The van der Waals surface area contributed by atoms with Gasteiger partial charge in [0.25, 0.3) is 0 Å². The summed E-state index contributed by atoms with van der Waals surface area (Å²) >= 11 is 0. The molecule has 0 aliphatic heterocycles. The Labute approximate surface area is 70.6 Å². The van der Waals surface area contributed by atoms with Crippen LogP contribution in [-0.2, 0) is 0 Å². The minimum atomic E-state index is 0.272. The maximum absolute atomic E-state index is 5.13. The van der Waals surface area contributed by atoms with E-state index in [1.807, 2.05) is 0 Å². The number of hydrogen-bond acceptors (Lipinski definition) is 1. The molecule has 0 saturated heterocycles. The van der Waals surface area contributed by atoms with E-state index in [9.17, 15) is 0 Å². The standard InChI is InChI=1S/C10H19N/c1-5-7-8-9-11-10(3,4)6-2/h1,11H,6-9H2,2-4H3. The number of terminal acetylenes is 1. The first-order valence-corrected chi connectivity index (χ1v) is 4.31. The fourth-order valence-corrected chi connectivity index (χ4v) is 0.742. The Morgan fingerprint density at radius 3 is 2.55 bits per heavy atom. The van der Waals surface area contributed by atoms with Gasteiger partial charge in [0.15, 0.2) is 0 Å². The summed E-state index contributed by atoms with van der Waals surface area (Å²) in [6, 6.07) is 0. The monoisotopic (exact) mass is 153 g/mol. The highest BCUT2D eigenvalue weighted by molar-refractivity contribution is 4.84. The number of hydrogen-bond donors (Lipinski definition) is 1. The fourth-order valence-electron chi connectivity index (χ4n) is 0.742. The zero-order chi connectivity index (χ0) is 8.74. The molecule has 0 aromatic heterocycles. The Morgan fingerprint density at radius 2 is 2.09 bits per heavy atom. The summed E-state index contributed by atoms with van der Waals surface area (Å²) in [5, 5.41) is 3.45. The van der Waals surface area contributed by atoms with Crippen LogP contribution >= 0.6 is 0 Å². The summed E-state index contributed by atoms with van der Waals surface area (Å²) in [4.78, 5) is 0. The van der Waals surface area contributed by atoms with Crippen molar-refractivity contribution in [2.24, 2.45) is 0 Å². The molecule has 0 aromatic carbocycles. The summed E-state index contributed by atoms with van der Waals surface area (Å²) in [5.74, 6) is 2.63. The van der Waals surface area contributed by atoms with Crippen LogP contribution in [0.1, 0.15) is 40.0 Å². The number of unbranched alkanes of at least 4 members (excludes halogenated alkanes) is 1. The summed E-state index contributed by atoms with van der Waals surface area (Å²) in [5.41, 5.74) is 0.272. The fraction of sp³-hybridized carbons (Fsp3) is 0.800. The van der Waals surface area contributed by atoms with E-state index >= 15 is 0 Å². The number of nitrogens with one attached hydrogen (secondary N) is 1. The van der Waals surface area contributed by atoms with Gasteiger partial charge < -0.3 is 5.32 Å². The highest BCUT2D eigenvalue weighted by atomic mass is 14.9. The molecule has 1 nitrogen and oxygen atoms in total. The van der Waals surface area contributed by atoms with Gasteiger partial charge in [-0.3, -0.25) is 0 Å². The lowest BCUT2D eigenvalue weighted by atomic mass is 10.0. The minimum absolute atomic E-state index is 0.272. The van der Waals surface area contributed by atoms with Crippen LogP contribution in [0.3, 0.4) is 0 Å². The van der Waals surface area contributed by atoms with Gasteiger partial charge in [0.1, 0.15) is 0 Å². The SMILES string of the molecule is C#CCCCNC(C)(C)CC. The van der Waals surface area contributed by atoms with Crippen molar-refractivity contribution in [3.63, 3.8) is 0 Å². The van der Waals surface area contributed by atoms with Crippen molar-refractivity contribution in [2.45, 2.75) is 45.6 Å². The zero-order valence-electron chi connectivity index (χ0n) is 7.91. The van der Waals surface area contributed by atoms with Crippen LogP contribution in [0, 0.1) is 12.3 Å². The Kier molecular flexibility index (Phi) is 4.98. The van der Waals surface area contributed by atoms with Crippen LogP contribution in [0.4, 0.5) is 0 Å². The van der Waals surface area contributed by atoms with E-state index < -0.39 is 0 Å². The first-order chi connectivity index (χ1) is 5.12. The molecule has 11 heavy (non-hydrogen) atoms. The average molecular weight is 153 g/mol. The summed E-state index contributed by atoms with van der Waals surface area (Å²) in [6.07, 6.45) is 8.25. The van der Waals surface area contributed by atoms with Gasteiger partial charge in [-0.1, -0.05) is 6.92 Å². The third-order valence-electron chi connectivity index (χ3n) is 1.99. The van der Waals surface area contributed by atoms with Crippen LogP contribution in [-0.4, -0.2) is 12.1 Å². The summed E-state index contributed by atoms with van der Waals surface area (Å²) in [6.45, 7) is 7.64. The Hall–Kier alpha value is -0.480. The molecule has 0 saturated carbocycles. The quantitative estimate of drug-likeness (QED) is 0.471. The van der Waals surface area contributed by atoms with Gasteiger partial charge in [-0.25, -0.2) is 0 Å². The second-order valence-corrected chi connectivity index (χ2v) is 3.47. The molecule has 0 aliphatic rings. The predicted molar refractivity (Wildman–Crippen MR) is 50.4 cm³/mol. The maximum Gasteiger partial charge on any atom is 0.0122 e. The van der Waals surface area contributed by atoms with Gasteiger partial charge in [0, 0.05) is 12.0 Å². The van der Waals surface area contributed by atoms with Gasteiger partial charge in [-0.2, -0.15) is 0 Å². The van der Waals surface area contributed by atoms with Crippen molar-refractivity contribution >= 4 is 0 Å². The van der Waals surface area contributed by atoms with Crippen LogP contribution in [0.5, 0.6) is 0 Å². The van der Waals surface area contributed by atoms with Gasteiger partial charge in [-0.15, -0.1) is 12.3 Å². The Balaban J connectivity index is 3.32. The van der Waals surface area contributed by atoms with Crippen LogP contribution in [0.25, 0.3) is 0 Å².